The molecule has 1 atom stereocenters. The van der Waals surface area contributed by atoms with Crippen molar-refractivity contribution < 1.29 is 9.90 Å². The molecule has 1 aromatic rings. The van der Waals surface area contributed by atoms with Crippen molar-refractivity contribution in [3.05, 3.63) is 30.3 Å². The van der Waals surface area contributed by atoms with Crippen LogP contribution in [0.3, 0.4) is 0 Å². The van der Waals surface area contributed by atoms with Crippen molar-refractivity contribution in [3.8, 4) is 0 Å². The summed E-state index contributed by atoms with van der Waals surface area (Å²) in [5, 5.41) is 8.83. The molecule has 0 aromatic heterocycles. The van der Waals surface area contributed by atoms with Gasteiger partial charge in [-0.05, 0) is 37.9 Å². The smallest absolute Gasteiger partial charge is 0.303 e. The second-order valence-electron chi connectivity index (χ2n) is 5.28. The van der Waals surface area contributed by atoms with E-state index in [-0.39, 0.29) is 0 Å². The largest absolute Gasteiger partial charge is 0.481 e. The third kappa shape index (κ3) is 5.17. The van der Waals surface area contributed by atoms with Gasteiger partial charge in [0.15, 0.2) is 0 Å². The average molecular weight is 293 g/mol. The highest BCUT2D eigenvalue weighted by Gasteiger charge is 2.22. The molecule has 1 aliphatic rings. The van der Waals surface area contributed by atoms with Crippen LogP contribution in [-0.2, 0) is 4.79 Å². The third-order valence-corrected chi connectivity index (χ3v) is 4.82. The molecule has 1 heterocycles. The number of carboxylic acids is 1. The molecule has 20 heavy (non-hydrogen) atoms. The van der Waals surface area contributed by atoms with E-state index >= 15 is 0 Å². The summed E-state index contributed by atoms with van der Waals surface area (Å²) in [4.78, 5) is 14.5. The molecule has 2 rings (SSSR count). The zero-order valence-corrected chi connectivity index (χ0v) is 12.6. The van der Waals surface area contributed by atoms with Crippen molar-refractivity contribution in [2.24, 2.45) is 0 Å². The Kier molecular flexibility index (Phi) is 6.40. The molecule has 1 saturated heterocycles. The first kappa shape index (κ1) is 15.4. The van der Waals surface area contributed by atoms with Gasteiger partial charge in [0.2, 0.25) is 0 Å². The first-order valence-electron chi connectivity index (χ1n) is 7.39. The molecule has 0 spiro atoms. The number of likely N-dealkylation sites (tertiary alicyclic amines) is 1. The molecular formula is C16H23NO2S. The van der Waals surface area contributed by atoms with Crippen LogP contribution in [0.4, 0.5) is 0 Å². The Balaban J connectivity index is 1.75. The van der Waals surface area contributed by atoms with Gasteiger partial charge in [0, 0.05) is 29.7 Å². The Hall–Kier alpha value is -1.00. The normalized spacial score (nSPS) is 19.9. The van der Waals surface area contributed by atoms with E-state index in [4.69, 9.17) is 5.11 Å². The molecule has 0 bridgehead atoms. The van der Waals surface area contributed by atoms with E-state index in [0.29, 0.717) is 12.5 Å². The van der Waals surface area contributed by atoms with Crippen LogP contribution in [0.1, 0.15) is 32.1 Å². The van der Waals surface area contributed by atoms with Gasteiger partial charge < -0.3 is 5.11 Å². The highest BCUT2D eigenvalue weighted by atomic mass is 32.2. The Bertz CT molecular complexity index is 410. The van der Waals surface area contributed by atoms with Crippen LogP contribution >= 0.6 is 11.8 Å². The molecule has 4 heteroatoms. The second-order valence-corrected chi connectivity index (χ2v) is 6.45. The molecule has 0 amide bonds. The topological polar surface area (TPSA) is 40.5 Å². The van der Waals surface area contributed by atoms with Gasteiger partial charge in [-0.15, -0.1) is 11.8 Å². The number of hydrogen-bond acceptors (Lipinski definition) is 3. The molecule has 0 aliphatic carbocycles. The van der Waals surface area contributed by atoms with Gasteiger partial charge in [-0.3, -0.25) is 9.69 Å². The van der Waals surface area contributed by atoms with Crippen LogP contribution in [0.5, 0.6) is 0 Å². The summed E-state index contributed by atoms with van der Waals surface area (Å²) < 4.78 is 0. The van der Waals surface area contributed by atoms with Crippen LogP contribution in [0.15, 0.2) is 35.2 Å². The summed E-state index contributed by atoms with van der Waals surface area (Å²) in [6.45, 7) is 2.18. The number of piperidine rings is 1. The summed E-state index contributed by atoms with van der Waals surface area (Å²) in [5.74, 6) is 0.405. The summed E-state index contributed by atoms with van der Waals surface area (Å²) in [7, 11) is 0. The molecule has 1 unspecified atom stereocenters. The van der Waals surface area contributed by atoms with Crippen molar-refractivity contribution in [3.63, 3.8) is 0 Å². The molecule has 1 aliphatic heterocycles. The van der Waals surface area contributed by atoms with E-state index < -0.39 is 5.97 Å². The van der Waals surface area contributed by atoms with Crippen molar-refractivity contribution in [2.75, 3.05) is 18.8 Å². The Morgan fingerprint density at radius 2 is 2.10 bits per heavy atom. The fourth-order valence-electron chi connectivity index (χ4n) is 2.77. The lowest BCUT2D eigenvalue weighted by Crippen LogP contribution is -2.41. The van der Waals surface area contributed by atoms with Crippen LogP contribution in [0, 0.1) is 0 Å². The van der Waals surface area contributed by atoms with Crippen molar-refractivity contribution >= 4 is 17.7 Å². The summed E-state index contributed by atoms with van der Waals surface area (Å²) in [6.07, 6.45) is 4.74. The minimum absolute atomic E-state index is 0.299. The quantitative estimate of drug-likeness (QED) is 0.781. The van der Waals surface area contributed by atoms with Crippen molar-refractivity contribution in [2.45, 2.75) is 43.0 Å². The standard InChI is InChI=1S/C16H23NO2S/c18-16(19)10-9-14-6-4-5-11-17(14)12-13-20-15-7-2-1-3-8-15/h1-3,7-8,14H,4-6,9-13H2,(H,18,19). The highest BCUT2D eigenvalue weighted by molar-refractivity contribution is 7.99. The monoisotopic (exact) mass is 293 g/mol. The minimum atomic E-state index is -0.672. The molecule has 1 fully saturated rings. The maximum Gasteiger partial charge on any atom is 0.303 e. The lowest BCUT2D eigenvalue weighted by molar-refractivity contribution is -0.137. The lowest BCUT2D eigenvalue weighted by Gasteiger charge is -2.35. The predicted octanol–water partition coefficient (Wildman–Crippen LogP) is 3.50. The van der Waals surface area contributed by atoms with Crippen LogP contribution < -0.4 is 0 Å². The van der Waals surface area contributed by atoms with Gasteiger partial charge >= 0.3 is 5.97 Å². The van der Waals surface area contributed by atoms with Gasteiger partial charge in [-0.1, -0.05) is 24.6 Å². The minimum Gasteiger partial charge on any atom is -0.481 e. The summed E-state index contributed by atoms with van der Waals surface area (Å²) in [6, 6.07) is 10.9. The molecule has 3 nitrogen and oxygen atoms in total. The van der Waals surface area contributed by atoms with E-state index in [0.717, 1.165) is 31.7 Å². The van der Waals surface area contributed by atoms with Gasteiger partial charge in [-0.25, -0.2) is 0 Å². The summed E-state index contributed by atoms with van der Waals surface area (Å²) >= 11 is 1.88. The lowest BCUT2D eigenvalue weighted by atomic mass is 9.98. The van der Waals surface area contributed by atoms with Crippen LogP contribution in [0.25, 0.3) is 0 Å². The van der Waals surface area contributed by atoms with E-state index in [2.05, 4.69) is 29.2 Å². The number of nitrogens with zero attached hydrogens (tertiary/aromatic N) is 1. The number of carboxylic acid groups (broad SMARTS) is 1. The number of hydrogen-bond donors (Lipinski definition) is 1. The van der Waals surface area contributed by atoms with E-state index in [1.54, 1.807) is 0 Å². The van der Waals surface area contributed by atoms with Gasteiger partial charge in [-0.2, -0.15) is 0 Å². The fraction of sp³-hybridized carbons (Fsp3) is 0.562. The second kappa shape index (κ2) is 8.32. The number of benzene rings is 1. The van der Waals surface area contributed by atoms with Crippen molar-refractivity contribution in [1.29, 1.82) is 0 Å². The number of carbonyl (C=O) groups is 1. The first-order valence-corrected chi connectivity index (χ1v) is 8.38. The average Bonchev–Trinajstić information content (AvgIpc) is 2.47. The van der Waals surface area contributed by atoms with Gasteiger partial charge in [0.05, 0.1) is 0 Å². The van der Waals surface area contributed by atoms with Crippen LogP contribution in [-0.4, -0.2) is 40.9 Å². The molecule has 110 valence electrons. The predicted molar refractivity (Wildman–Crippen MR) is 83.2 cm³/mol. The fourth-order valence-corrected chi connectivity index (χ4v) is 3.68. The van der Waals surface area contributed by atoms with Gasteiger partial charge in [0.1, 0.15) is 0 Å². The van der Waals surface area contributed by atoms with E-state index in [9.17, 15) is 4.79 Å². The number of thioether (sulfide) groups is 1. The molecule has 0 saturated carbocycles. The Labute approximate surface area is 125 Å². The van der Waals surface area contributed by atoms with Crippen LogP contribution in [0.2, 0.25) is 0 Å². The number of rotatable bonds is 7. The zero-order chi connectivity index (χ0) is 14.2. The van der Waals surface area contributed by atoms with Crippen molar-refractivity contribution in [1.82, 2.24) is 4.90 Å². The Morgan fingerprint density at radius 1 is 1.30 bits per heavy atom. The third-order valence-electron chi connectivity index (χ3n) is 3.83. The summed E-state index contributed by atoms with van der Waals surface area (Å²) in [5.41, 5.74) is 0. The van der Waals surface area contributed by atoms with E-state index in [1.165, 1.54) is 17.7 Å². The van der Waals surface area contributed by atoms with Gasteiger partial charge in [0.25, 0.3) is 0 Å². The maximum atomic E-state index is 10.7. The molecular weight excluding hydrogens is 270 g/mol. The van der Waals surface area contributed by atoms with E-state index in [1.807, 2.05) is 17.8 Å². The molecule has 1 N–H and O–H groups in total. The number of aliphatic carboxylic acids is 1. The molecule has 0 radical (unpaired) electrons. The Morgan fingerprint density at radius 3 is 2.85 bits per heavy atom. The first-order chi connectivity index (χ1) is 9.75. The maximum absolute atomic E-state index is 10.7. The highest BCUT2D eigenvalue weighted by Crippen LogP contribution is 2.23. The zero-order valence-electron chi connectivity index (χ0n) is 11.8. The SMILES string of the molecule is O=C(O)CCC1CCCCN1CCSc1ccccc1. The molecule has 1 aromatic carbocycles.